The van der Waals surface area contributed by atoms with Crippen molar-refractivity contribution in [3.63, 3.8) is 0 Å². The fourth-order valence-corrected chi connectivity index (χ4v) is 4.82. The topological polar surface area (TPSA) is 69.4 Å². The Bertz CT molecular complexity index is 803. The summed E-state index contributed by atoms with van der Waals surface area (Å²) in [4.78, 5) is 22.6. The van der Waals surface area contributed by atoms with Gasteiger partial charge in [0.05, 0.1) is 17.1 Å². The lowest BCUT2D eigenvalue weighted by Crippen LogP contribution is -2.26. The Hall–Kier alpha value is -2.69. The Labute approximate surface area is 152 Å². The van der Waals surface area contributed by atoms with E-state index < -0.39 is 10.9 Å². The van der Waals surface area contributed by atoms with Crippen LogP contribution in [0.2, 0.25) is 0 Å². The molecule has 2 saturated carbocycles. The zero-order valence-corrected chi connectivity index (χ0v) is 14.4. The van der Waals surface area contributed by atoms with Crippen molar-refractivity contribution < 1.29 is 14.5 Å². The Morgan fingerprint density at radius 1 is 1.04 bits per heavy atom. The number of fused-ring (bicyclic) bond motifs is 2. The molecule has 0 N–H and O–H groups in total. The standard InChI is InChI=1S/C21H21NO4/c23-21(15-8-10-18(11-9-15)22(24)25)26-13-19-16-6-7-17(12-16)20(19)14-4-2-1-3-5-14/h1-5,8-11,16-17,19-20H,6-7,12-13H2/t16-,17+,19-,20-/m0/s1. The first-order valence-corrected chi connectivity index (χ1v) is 9.10. The van der Waals surface area contributed by atoms with E-state index in [4.69, 9.17) is 4.74 Å². The number of nitrogens with zero attached hydrogens (tertiary/aromatic N) is 1. The van der Waals surface area contributed by atoms with Crippen LogP contribution in [0.1, 0.15) is 41.1 Å². The van der Waals surface area contributed by atoms with Crippen molar-refractivity contribution in [2.45, 2.75) is 25.2 Å². The molecular weight excluding hydrogens is 330 g/mol. The second kappa shape index (κ2) is 6.90. The molecule has 134 valence electrons. The maximum absolute atomic E-state index is 12.3. The van der Waals surface area contributed by atoms with Gasteiger partial charge in [-0.05, 0) is 54.7 Å². The van der Waals surface area contributed by atoms with E-state index in [-0.39, 0.29) is 5.69 Å². The lowest BCUT2D eigenvalue weighted by molar-refractivity contribution is -0.384. The summed E-state index contributed by atoms with van der Waals surface area (Å²) in [5, 5.41) is 10.7. The van der Waals surface area contributed by atoms with E-state index in [1.54, 1.807) is 0 Å². The number of esters is 1. The third kappa shape index (κ3) is 3.09. The van der Waals surface area contributed by atoms with Crippen LogP contribution in [-0.2, 0) is 4.74 Å². The summed E-state index contributed by atoms with van der Waals surface area (Å²) in [6, 6.07) is 16.1. The van der Waals surface area contributed by atoms with Gasteiger partial charge in [-0.25, -0.2) is 4.79 Å². The number of carbonyl (C=O) groups is 1. The van der Waals surface area contributed by atoms with Crippen LogP contribution in [0, 0.1) is 27.9 Å². The predicted molar refractivity (Wildman–Crippen MR) is 96.9 cm³/mol. The Kier molecular flexibility index (Phi) is 4.45. The van der Waals surface area contributed by atoms with E-state index in [9.17, 15) is 14.9 Å². The monoisotopic (exact) mass is 351 g/mol. The van der Waals surface area contributed by atoms with Gasteiger partial charge in [-0.15, -0.1) is 0 Å². The highest BCUT2D eigenvalue weighted by Crippen LogP contribution is 2.56. The first kappa shape index (κ1) is 16.8. The van der Waals surface area contributed by atoms with E-state index in [0.29, 0.717) is 35.8 Å². The fraction of sp³-hybridized carbons (Fsp3) is 0.381. The van der Waals surface area contributed by atoms with Gasteiger partial charge in [0.1, 0.15) is 0 Å². The highest BCUT2D eigenvalue weighted by molar-refractivity contribution is 5.89. The predicted octanol–water partition coefficient (Wildman–Crippen LogP) is 4.58. The summed E-state index contributed by atoms with van der Waals surface area (Å²) < 4.78 is 5.61. The van der Waals surface area contributed by atoms with Crippen molar-refractivity contribution in [1.29, 1.82) is 0 Å². The Morgan fingerprint density at radius 3 is 2.42 bits per heavy atom. The molecule has 5 nitrogen and oxygen atoms in total. The molecule has 2 fully saturated rings. The molecule has 2 aliphatic carbocycles. The molecule has 0 radical (unpaired) electrons. The zero-order chi connectivity index (χ0) is 18.1. The van der Waals surface area contributed by atoms with Gasteiger partial charge < -0.3 is 4.74 Å². The molecule has 4 atom stereocenters. The Balaban J connectivity index is 1.44. The van der Waals surface area contributed by atoms with Gasteiger partial charge in [-0.3, -0.25) is 10.1 Å². The van der Waals surface area contributed by atoms with Crippen LogP contribution in [0.5, 0.6) is 0 Å². The molecule has 5 heteroatoms. The van der Waals surface area contributed by atoms with Crippen molar-refractivity contribution in [3.05, 3.63) is 75.8 Å². The lowest BCUT2D eigenvalue weighted by Gasteiger charge is -2.31. The average molecular weight is 351 g/mol. The first-order valence-electron chi connectivity index (χ1n) is 9.10. The number of ether oxygens (including phenoxy) is 1. The number of carbonyl (C=O) groups excluding carboxylic acids is 1. The largest absolute Gasteiger partial charge is 0.462 e. The van der Waals surface area contributed by atoms with Crippen LogP contribution in [-0.4, -0.2) is 17.5 Å². The third-order valence-corrected chi connectivity index (χ3v) is 5.99. The summed E-state index contributed by atoms with van der Waals surface area (Å²) in [6.45, 7) is 0.413. The summed E-state index contributed by atoms with van der Waals surface area (Å²) >= 11 is 0. The van der Waals surface area contributed by atoms with Gasteiger partial charge in [-0.1, -0.05) is 30.3 Å². The van der Waals surface area contributed by atoms with Crippen LogP contribution in [0.25, 0.3) is 0 Å². The van der Waals surface area contributed by atoms with Crippen LogP contribution < -0.4 is 0 Å². The second-order valence-corrected chi connectivity index (χ2v) is 7.34. The summed E-state index contributed by atoms with van der Waals surface area (Å²) in [7, 11) is 0. The molecule has 4 rings (SSSR count). The maximum atomic E-state index is 12.3. The molecule has 0 aromatic heterocycles. The SMILES string of the molecule is O=C(OC[C@H]1[C@H]2CC[C@H](C2)[C@@H]1c1ccccc1)c1ccc([N+](=O)[O-])cc1. The van der Waals surface area contributed by atoms with Gasteiger partial charge in [0.25, 0.3) is 5.69 Å². The minimum Gasteiger partial charge on any atom is -0.462 e. The van der Waals surface area contributed by atoms with Crippen LogP contribution in [0.3, 0.4) is 0 Å². The van der Waals surface area contributed by atoms with Crippen molar-refractivity contribution in [3.8, 4) is 0 Å². The molecule has 2 bridgehead atoms. The molecule has 0 saturated heterocycles. The van der Waals surface area contributed by atoms with E-state index in [2.05, 4.69) is 24.3 Å². The summed E-state index contributed by atoms with van der Waals surface area (Å²) in [5.41, 5.74) is 1.67. The highest BCUT2D eigenvalue weighted by Gasteiger charge is 2.48. The summed E-state index contributed by atoms with van der Waals surface area (Å²) in [6.07, 6.45) is 3.70. The number of hydrogen-bond acceptors (Lipinski definition) is 4. The molecule has 0 heterocycles. The molecular formula is C21H21NO4. The van der Waals surface area contributed by atoms with Crippen LogP contribution in [0.4, 0.5) is 5.69 Å². The molecule has 0 aliphatic heterocycles. The normalized spacial score (nSPS) is 26.6. The van der Waals surface area contributed by atoms with Crippen molar-refractivity contribution in [2.75, 3.05) is 6.61 Å². The van der Waals surface area contributed by atoms with Crippen molar-refractivity contribution >= 4 is 11.7 Å². The molecule has 2 aromatic rings. The minimum absolute atomic E-state index is 0.0289. The van der Waals surface area contributed by atoms with E-state index in [1.165, 1.54) is 49.1 Å². The van der Waals surface area contributed by atoms with Gasteiger partial charge in [0.15, 0.2) is 0 Å². The fourth-order valence-electron chi connectivity index (χ4n) is 4.82. The molecule has 0 spiro atoms. The van der Waals surface area contributed by atoms with Crippen molar-refractivity contribution in [2.24, 2.45) is 17.8 Å². The van der Waals surface area contributed by atoms with E-state index in [0.717, 1.165) is 0 Å². The Morgan fingerprint density at radius 2 is 1.73 bits per heavy atom. The smallest absolute Gasteiger partial charge is 0.338 e. The number of nitro benzene ring substituents is 1. The average Bonchev–Trinajstić information content (AvgIpc) is 3.28. The third-order valence-electron chi connectivity index (χ3n) is 5.99. The van der Waals surface area contributed by atoms with Gasteiger partial charge in [0, 0.05) is 18.1 Å². The highest BCUT2D eigenvalue weighted by atomic mass is 16.6. The number of rotatable bonds is 5. The zero-order valence-electron chi connectivity index (χ0n) is 14.4. The number of hydrogen-bond donors (Lipinski definition) is 0. The molecule has 2 aromatic carbocycles. The lowest BCUT2D eigenvalue weighted by atomic mass is 9.76. The quantitative estimate of drug-likeness (QED) is 0.449. The van der Waals surface area contributed by atoms with Crippen molar-refractivity contribution in [1.82, 2.24) is 0 Å². The van der Waals surface area contributed by atoms with Gasteiger partial charge in [-0.2, -0.15) is 0 Å². The molecule has 0 amide bonds. The summed E-state index contributed by atoms with van der Waals surface area (Å²) in [5.74, 6) is 1.72. The number of nitro groups is 1. The number of benzene rings is 2. The number of non-ortho nitro benzene ring substituents is 1. The molecule has 0 unspecified atom stereocenters. The minimum atomic E-state index is -0.477. The van der Waals surface area contributed by atoms with Crippen LogP contribution >= 0.6 is 0 Å². The molecule has 26 heavy (non-hydrogen) atoms. The van der Waals surface area contributed by atoms with E-state index >= 15 is 0 Å². The van der Waals surface area contributed by atoms with E-state index in [1.807, 2.05) is 6.07 Å². The van der Waals surface area contributed by atoms with Crippen LogP contribution in [0.15, 0.2) is 54.6 Å². The van der Waals surface area contributed by atoms with Gasteiger partial charge >= 0.3 is 5.97 Å². The van der Waals surface area contributed by atoms with Gasteiger partial charge in [0.2, 0.25) is 0 Å². The molecule has 2 aliphatic rings. The second-order valence-electron chi connectivity index (χ2n) is 7.34. The maximum Gasteiger partial charge on any atom is 0.338 e. The first-order chi connectivity index (χ1) is 12.6.